The summed E-state index contributed by atoms with van der Waals surface area (Å²) in [5.41, 5.74) is 4.09. The lowest BCUT2D eigenvalue weighted by atomic mass is 10.1. The van der Waals surface area contributed by atoms with Crippen molar-refractivity contribution >= 4 is 32.8 Å². The van der Waals surface area contributed by atoms with E-state index in [0.29, 0.717) is 16.8 Å². The Balaban J connectivity index is 1.55. The number of aryl methyl sites for hydroxylation is 3. The van der Waals surface area contributed by atoms with Crippen molar-refractivity contribution in [3.8, 4) is 5.75 Å². The highest BCUT2D eigenvalue weighted by Gasteiger charge is 2.22. The largest absolute Gasteiger partial charge is 0.379 e. The van der Waals surface area contributed by atoms with E-state index >= 15 is 0 Å². The molecule has 0 fully saturated rings. The normalized spacial score (nSPS) is 11.8. The maximum absolute atomic E-state index is 12.8. The standard InChI is InChI=1S/C26H23NO3S/c1-18-15-19(2)26(20(3)16-18)31(28,29)30-24-13-11-23(12-14-24)27-17-22-9-6-8-21-7-4-5-10-25(21)22/h4-17H,1-3H3/b27-17-. The Morgan fingerprint density at radius 2 is 1.45 bits per heavy atom. The number of fused-ring (bicyclic) bond motifs is 1. The molecule has 156 valence electrons. The van der Waals surface area contributed by atoms with Crippen LogP contribution in [0.1, 0.15) is 22.3 Å². The van der Waals surface area contributed by atoms with Crippen LogP contribution in [-0.2, 0) is 10.1 Å². The van der Waals surface area contributed by atoms with Gasteiger partial charge in [-0.3, -0.25) is 4.99 Å². The topological polar surface area (TPSA) is 55.7 Å². The van der Waals surface area contributed by atoms with Crippen LogP contribution in [0, 0.1) is 20.8 Å². The Kier molecular flexibility index (Phi) is 5.61. The van der Waals surface area contributed by atoms with Crippen molar-refractivity contribution in [2.45, 2.75) is 25.7 Å². The molecule has 0 radical (unpaired) electrons. The van der Waals surface area contributed by atoms with Gasteiger partial charge in [0, 0.05) is 11.8 Å². The van der Waals surface area contributed by atoms with Crippen LogP contribution in [0.25, 0.3) is 10.8 Å². The molecule has 5 heteroatoms. The van der Waals surface area contributed by atoms with Crippen LogP contribution in [0.5, 0.6) is 5.75 Å². The molecule has 0 aliphatic carbocycles. The van der Waals surface area contributed by atoms with Crippen molar-refractivity contribution in [3.05, 3.63) is 101 Å². The van der Waals surface area contributed by atoms with E-state index < -0.39 is 10.1 Å². The van der Waals surface area contributed by atoms with Gasteiger partial charge in [-0.05, 0) is 66.9 Å². The van der Waals surface area contributed by atoms with Crippen LogP contribution in [0.15, 0.2) is 88.8 Å². The quantitative estimate of drug-likeness (QED) is 0.277. The number of nitrogens with zero attached hydrogens (tertiary/aromatic N) is 1. The molecule has 0 aliphatic heterocycles. The molecular formula is C26H23NO3S. The number of hydrogen-bond donors (Lipinski definition) is 0. The van der Waals surface area contributed by atoms with E-state index in [4.69, 9.17) is 4.18 Å². The molecule has 0 amide bonds. The Labute approximate surface area is 183 Å². The number of benzene rings is 4. The highest BCUT2D eigenvalue weighted by Crippen LogP contribution is 2.27. The van der Waals surface area contributed by atoms with Crippen molar-refractivity contribution in [3.63, 3.8) is 0 Å². The van der Waals surface area contributed by atoms with Crippen LogP contribution in [0.2, 0.25) is 0 Å². The monoisotopic (exact) mass is 429 g/mol. The third-order valence-electron chi connectivity index (χ3n) is 5.07. The van der Waals surface area contributed by atoms with Gasteiger partial charge in [-0.2, -0.15) is 8.42 Å². The molecule has 0 spiro atoms. The number of rotatable bonds is 5. The van der Waals surface area contributed by atoms with Gasteiger partial charge in [0.25, 0.3) is 0 Å². The first kappa shape index (κ1) is 20.8. The summed E-state index contributed by atoms with van der Waals surface area (Å²) in [5, 5.41) is 2.28. The zero-order valence-corrected chi connectivity index (χ0v) is 18.5. The van der Waals surface area contributed by atoms with Crippen LogP contribution in [0.4, 0.5) is 5.69 Å². The predicted molar refractivity (Wildman–Crippen MR) is 126 cm³/mol. The van der Waals surface area contributed by atoms with Gasteiger partial charge in [-0.1, -0.05) is 60.2 Å². The van der Waals surface area contributed by atoms with Gasteiger partial charge in [-0.25, -0.2) is 0 Å². The predicted octanol–water partition coefficient (Wildman–Crippen LogP) is 6.28. The fourth-order valence-electron chi connectivity index (χ4n) is 3.82. The molecule has 4 aromatic rings. The summed E-state index contributed by atoms with van der Waals surface area (Å²) >= 11 is 0. The average molecular weight is 430 g/mol. The van der Waals surface area contributed by atoms with Crippen molar-refractivity contribution in [1.29, 1.82) is 0 Å². The maximum atomic E-state index is 12.8. The van der Waals surface area contributed by atoms with Gasteiger partial charge in [0.1, 0.15) is 10.6 Å². The first-order valence-electron chi connectivity index (χ1n) is 9.98. The second kappa shape index (κ2) is 8.36. The van der Waals surface area contributed by atoms with Gasteiger partial charge in [0.15, 0.2) is 0 Å². The van der Waals surface area contributed by atoms with E-state index in [1.54, 1.807) is 38.1 Å². The Bertz CT molecular complexity index is 1360. The van der Waals surface area contributed by atoms with Crippen molar-refractivity contribution in [2.24, 2.45) is 4.99 Å². The first-order chi connectivity index (χ1) is 14.8. The molecule has 0 saturated heterocycles. The summed E-state index contributed by atoms with van der Waals surface area (Å²) in [5.74, 6) is 0.253. The summed E-state index contributed by atoms with van der Waals surface area (Å²) in [4.78, 5) is 4.75. The fraction of sp³-hybridized carbons (Fsp3) is 0.115. The van der Waals surface area contributed by atoms with Gasteiger partial charge in [0.2, 0.25) is 0 Å². The van der Waals surface area contributed by atoms with E-state index in [2.05, 4.69) is 23.2 Å². The van der Waals surface area contributed by atoms with Crippen LogP contribution in [-0.4, -0.2) is 14.6 Å². The van der Waals surface area contributed by atoms with Crippen molar-refractivity contribution < 1.29 is 12.6 Å². The highest BCUT2D eigenvalue weighted by molar-refractivity contribution is 7.87. The summed E-state index contributed by atoms with van der Waals surface area (Å²) < 4.78 is 31.0. The molecule has 4 aromatic carbocycles. The maximum Gasteiger partial charge on any atom is 0.339 e. The lowest BCUT2D eigenvalue weighted by molar-refractivity contribution is 0.485. The van der Waals surface area contributed by atoms with Gasteiger partial charge in [0.05, 0.1) is 5.69 Å². The molecule has 0 N–H and O–H groups in total. The molecule has 0 aliphatic rings. The zero-order valence-electron chi connectivity index (χ0n) is 17.7. The van der Waals surface area contributed by atoms with Crippen molar-refractivity contribution in [2.75, 3.05) is 0 Å². The average Bonchev–Trinajstić information content (AvgIpc) is 2.72. The number of hydrogen-bond acceptors (Lipinski definition) is 4. The molecule has 31 heavy (non-hydrogen) atoms. The van der Waals surface area contributed by atoms with Crippen molar-refractivity contribution in [1.82, 2.24) is 0 Å². The van der Waals surface area contributed by atoms with Gasteiger partial charge < -0.3 is 4.18 Å². The minimum absolute atomic E-state index is 0.219. The van der Waals surface area contributed by atoms with E-state index in [-0.39, 0.29) is 10.6 Å². The summed E-state index contributed by atoms with van der Waals surface area (Å²) in [6, 6.07) is 24.6. The van der Waals surface area contributed by atoms with E-state index in [9.17, 15) is 8.42 Å². The molecule has 0 atom stereocenters. The third-order valence-corrected chi connectivity index (χ3v) is 6.63. The van der Waals surface area contributed by atoms with E-state index in [1.807, 2.05) is 49.5 Å². The first-order valence-corrected chi connectivity index (χ1v) is 11.4. The second-order valence-corrected chi connectivity index (χ2v) is 9.07. The Morgan fingerprint density at radius 3 is 2.16 bits per heavy atom. The molecule has 0 saturated carbocycles. The molecule has 0 aromatic heterocycles. The molecule has 0 unspecified atom stereocenters. The summed E-state index contributed by atoms with van der Waals surface area (Å²) in [7, 11) is -3.92. The molecular weight excluding hydrogens is 406 g/mol. The Morgan fingerprint density at radius 1 is 0.806 bits per heavy atom. The van der Waals surface area contributed by atoms with Crippen LogP contribution < -0.4 is 4.18 Å². The molecule has 0 heterocycles. The van der Waals surface area contributed by atoms with E-state index in [1.165, 1.54) is 0 Å². The fourth-order valence-corrected chi connectivity index (χ4v) is 5.18. The number of aliphatic imine (C=N–C) groups is 1. The minimum atomic E-state index is -3.92. The lowest BCUT2D eigenvalue weighted by Gasteiger charge is -2.13. The van der Waals surface area contributed by atoms with Crippen LogP contribution in [0.3, 0.4) is 0 Å². The summed E-state index contributed by atoms with van der Waals surface area (Å²) in [6.07, 6.45) is 1.81. The second-order valence-electron chi connectivity index (χ2n) is 7.59. The molecule has 4 nitrogen and oxygen atoms in total. The van der Waals surface area contributed by atoms with Gasteiger partial charge in [-0.15, -0.1) is 0 Å². The summed E-state index contributed by atoms with van der Waals surface area (Å²) in [6.45, 7) is 5.50. The SMILES string of the molecule is Cc1cc(C)c(S(=O)(=O)Oc2ccc(/N=C\c3cccc4ccccc34)cc2)c(C)c1. The lowest BCUT2D eigenvalue weighted by Crippen LogP contribution is -2.13. The third kappa shape index (κ3) is 4.52. The van der Waals surface area contributed by atoms with E-state index in [0.717, 1.165) is 21.9 Å². The molecule has 4 rings (SSSR count). The zero-order chi connectivity index (χ0) is 22.0. The van der Waals surface area contributed by atoms with Crippen LogP contribution >= 0.6 is 0 Å². The molecule has 0 bridgehead atoms. The minimum Gasteiger partial charge on any atom is -0.379 e. The van der Waals surface area contributed by atoms with Gasteiger partial charge >= 0.3 is 10.1 Å². The highest BCUT2D eigenvalue weighted by atomic mass is 32.2. The Hall–Kier alpha value is -3.44. The smallest absolute Gasteiger partial charge is 0.339 e.